The van der Waals surface area contributed by atoms with Crippen LogP contribution in [0.25, 0.3) is 22.8 Å². The van der Waals surface area contributed by atoms with Gasteiger partial charge in [-0.2, -0.15) is 0 Å². The lowest BCUT2D eigenvalue weighted by Crippen LogP contribution is -2.12. The fourth-order valence-corrected chi connectivity index (χ4v) is 5.05. The van der Waals surface area contributed by atoms with E-state index < -0.39 is 0 Å². The number of hydrogen-bond donors (Lipinski definition) is 3. The lowest BCUT2D eigenvalue weighted by molar-refractivity contribution is -0.143. The zero-order chi connectivity index (χ0) is 26.1. The molecular formula is C29H28N2O6. The van der Waals surface area contributed by atoms with Crippen LogP contribution >= 0.6 is 0 Å². The van der Waals surface area contributed by atoms with Crippen LogP contribution < -0.4 is 10.1 Å². The molecule has 1 aliphatic carbocycles. The number of aromatic hydroxyl groups is 1. The molecule has 2 heterocycles. The SMILES string of the molecule is CCOC(=O)CCc1c(C=C2C(=O)Nc3ccc(-c4ccc(O)c(OC)c4)cc32)[nH]c2c1C(=O)CCC2. The number of carbonyl (C=O) groups is 3. The van der Waals surface area contributed by atoms with Crippen LogP contribution in [-0.4, -0.2) is 41.5 Å². The highest BCUT2D eigenvalue weighted by molar-refractivity contribution is 6.35. The van der Waals surface area contributed by atoms with Gasteiger partial charge in [0.2, 0.25) is 0 Å². The molecule has 1 aromatic heterocycles. The Morgan fingerprint density at radius 1 is 1.11 bits per heavy atom. The Hall–Kier alpha value is -4.33. The normalized spacial score (nSPS) is 15.4. The number of hydrogen-bond acceptors (Lipinski definition) is 6. The number of fused-ring (bicyclic) bond motifs is 2. The number of ether oxygens (including phenoxy) is 2. The third kappa shape index (κ3) is 4.62. The van der Waals surface area contributed by atoms with Gasteiger partial charge >= 0.3 is 5.97 Å². The number of methoxy groups -OCH3 is 1. The monoisotopic (exact) mass is 500 g/mol. The first-order valence-corrected chi connectivity index (χ1v) is 12.4. The van der Waals surface area contributed by atoms with Crippen molar-refractivity contribution in [3.8, 4) is 22.6 Å². The summed E-state index contributed by atoms with van der Waals surface area (Å²) in [5.74, 6) is -0.106. The number of benzene rings is 2. The highest BCUT2D eigenvalue weighted by atomic mass is 16.5. The summed E-state index contributed by atoms with van der Waals surface area (Å²) in [5, 5.41) is 12.9. The van der Waals surface area contributed by atoms with Crippen LogP contribution in [0.5, 0.6) is 11.5 Å². The standard InChI is InChI=1S/C29H28N2O6/c1-3-37-27(34)12-9-18-23(30-22-5-4-6-25(33)28(18)22)15-20-19-13-16(7-10-21(19)31-29(20)35)17-8-11-24(32)26(14-17)36-2/h7-8,10-11,13-15,30,32H,3-6,9,12H2,1-2H3,(H,31,35). The number of esters is 1. The van der Waals surface area contributed by atoms with Gasteiger partial charge in [0.25, 0.3) is 5.91 Å². The number of H-pyrrole nitrogens is 1. The van der Waals surface area contributed by atoms with E-state index >= 15 is 0 Å². The van der Waals surface area contributed by atoms with Crippen molar-refractivity contribution in [2.24, 2.45) is 0 Å². The number of aryl methyl sites for hydroxylation is 1. The molecule has 2 aliphatic rings. The summed E-state index contributed by atoms with van der Waals surface area (Å²) < 4.78 is 10.3. The van der Waals surface area contributed by atoms with Crippen LogP contribution in [0.4, 0.5) is 5.69 Å². The summed E-state index contributed by atoms with van der Waals surface area (Å²) in [4.78, 5) is 41.3. The molecule has 0 radical (unpaired) electrons. The molecule has 0 fully saturated rings. The highest BCUT2D eigenvalue weighted by Gasteiger charge is 2.29. The Morgan fingerprint density at radius 2 is 1.89 bits per heavy atom. The predicted octanol–water partition coefficient (Wildman–Crippen LogP) is 4.90. The first kappa shape index (κ1) is 24.4. The van der Waals surface area contributed by atoms with Crippen LogP contribution in [0, 0.1) is 0 Å². The maximum Gasteiger partial charge on any atom is 0.306 e. The second-order valence-electron chi connectivity index (χ2n) is 9.11. The summed E-state index contributed by atoms with van der Waals surface area (Å²) in [5.41, 5.74) is 6.47. The number of phenolic OH excluding ortho intramolecular Hbond substituents is 1. The highest BCUT2D eigenvalue weighted by Crippen LogP contribution is 2.39. The predicted molar refractivity (Wildman–Crippen MR) is 140 cm³/mol. The number of rotatable bonds is 7. The minimum atomic E-state index is -0.322. The first-order valence-electron chi connectivity index (χ1n) is 12.4. The van der Waals surface area contributed by atoms with E-state index in [0.29, 0.717) is 47.7 Å². The number of carbonyl (C=O) groups excluding carboxylic acids is 3. The van der Waals surface area contributed by atoms with Crippen molar-refractivity contribution in [1.82, 2.24) is 4.98 Å². The van der Waals surface area contributed by atoms with Crippen molar-refractivity contribution >= 4 is 35.0 Å². The molecule has 8 nitrogen and oxygen atoms in total. The zero-order valence-corrected chi connectivity index (χ0v) is 20.8. The Bertz CT molecular complexity index is 1450. The van der Waals surface area contributed by atoms with Gasteiger partial charge in [0.05, 0.1) is 19.3 Å². The molecule has 0 spiro atoms. The number of Topliss-reactive ketones (excluding diaryl/α,β-unsaturated/α-hetero) is 1. The smallest absolute Gasteiger partial charge is 0.306 e. The molecule has 0 bridgehead atoms. The van der Waals surface area contributed by atoms with Gasteiger partial charge in [-0.3, -0.25) is 14.4 Å². The number of amides is 1. The molecule has 3 N–H and O–H groups in total. The van der Waals surface area contributed by atoms with E-state index in [9.17, 15) is 19.5 Å². The molecule has 2 aromatic carbocycles. The first-order chi connectivity index (χ1) is 17.9. The number of aromatic nitrogens is 1. The molecule has 3 aromatic rings. The van der Waals surface area contributed by atoms with Crippen molar-refractivity contribution < 1.29 is 29.0 Å². The van der Waals surface area contributed by atoms with E-state index in [1.165, 1.54) is 7.11 Å². The van der Waals surface area contributed by atoms with Gasteiger partial charge in [-0.25, -0.2) is 0 Å². The third-order valence-electron chi connectivity index (χ3n) is 6.81. The second kappa shape index (κ2) is 9.97. The summed E-state index contributed by atoms with van der Waals surface area (Å²) in [7, 11) is 1.49. The Balaban J connectivity index is 1.56. The minimum Gasteiger partial charge on any atom is -0.504 e. The molecule has 0 unspecified atom stereocenters. The van der Waals surface area contributed by atoms with E-state index in [1.807, 2.05) is 18.2 Å². The van der Waals surface area contributed by atoms with Crippen LogP contribution in [0.3, 0.4) is 0 Å². The zero-order valence-electron chi connectivity index (χ0n) is 20.8. The van der Waals surface area contributed by atoms with Crippen LogP contribution in [0.2, 0.25) is 0 Å². The van der Waals surface area contributed by atoms with Gasteiger partial charge in [-0.05, 0) is 73.2 Å². The maximum absolute atomic E-state index is 13.0. The Morgan fingerprint density at radius 3 is 2.68 bits per heavy atom. The molecule has 0 saturated carbocycles. The lowest BCUT2D eigenvalue weighted by Gasteiger charge is -2.11. The van der Waals surface area contributed by atoms with Gasteiger partial charge in [0, 0.05) is 41.0 Å². The molecular weight excluding hydrogens is 472 g/mol. The van der Waals surface area contributed by atoms with Crippen LogP contribution in [0.15, 0.2) is 36.4 Å². The van der Waals surface area contributed by atoms with Gasteiger partial charge in [0.15, 0.2) is 17.3 Å². The summed E-state index contributed by atoms with van der Waals surface area (Å²) in [6.07, 6.45) is 4.24. The number of aromatic amines is 1. The fraction of sp³-hybridized carbons (Fsp3) is 0.276. The van der Waals surface area contributed by atoms with Crippen LogP contribution in [-0.2, 0) is 27.2 Å². The largest absolute Gasteiger partial charge is 0.504 e. The Labute approximate surface area is 214 Å². The van der Waals surface area contributed by atoms with E-state index in [1.54, 1.807) is 31.2 Å². The Kier molecular flexibility index (Phi) is 6.56. The van der Waals surface area contributed by atoms with Gasteiger partial charge < -0.3 is 24.9 Å². The van der Waals surface area contributed by atoms with E-state index in [4.69, 9.17) is 9.47 Å². The third-order valence-corrected chi connectivity index (χ3v) is 6.81. The van der Waals surface area contributed by atoms with Gasteiger partial charge in [-0.1, -0.05) is 12.1 Å². The van der Waals surface area contributed by atoms with Crippen molar-refractivity contribution in [1.29, 1.82) is 0 Å². The van der Waals surface area contributed by atoms with E-state index in [-0.39, 0.29) is 29.8 Å². The minimum absolute atomic E-state index is 0.0467. The average Bonchev–Trinajstić information content (AvgIpc) is 3.40. The van der Waals surface area contributed by atoms with Crippen LogP contribution in [0.1, 0.15) is 59.1 Å². The maximum atomic E-state index is 13.0. The number of ketones is 1. The van der Waals surface area contributed by atoms with Crippen molar-refractivity contribution in [2.75, 3.05) is 19.0 Å². The molecule has 0 atom stereocenters. The number of nitrogens with one attached hydrogen (secondary N) is 2. The number of anilines is 1. The second-order valence-corrected chi connectivity index (χ2v) is 9.11. The van der Waals surface area contributed by atoms with Crippen molar-refractivity contribution in [3.63, 3.8) is 0 Å². The van der Waals surface area contributed by atoms with Gasteiger partial charge in [0.1, 0.15) is 0 Å². The fourth-order valence-electron chi connectivity index (χ4n) is 5.05. The molecule has 0 saturated heterocycles. The van der Waals surface area contributed by atoms with Gasteiger partial charge in [-0.15, -0.1) is 0 Å². The summed E-state index contributed by atoms with van der Waals surface area (Å²) in [6.45, 7) is 2.06. The molecule has 5 rings (SSSR count). The summed E-state index contributed by atoms with van der Waals surface area (Å²) >= 11 is 0. The molecule has 37 heavy (non-hydrogen) atoms. The van der Waals surface area contributed by atoms with Crippen molar-refractivity contribution in [2.45, 2.75) is 39.0 Å². The topological polar surface area (TPSA) is 118 Å². The van der Waals surface area contributed by atoms with Crippen molar-refractivity contribution in [3.05, 3.63) is 64.5 Å². The van der Waals surface area contributed by atoms with E-state index in [2.05, 4.69) is 10.3 Å². The van der Waals surface area contributed by atoms with E-state index in [0.717, 1.165) is 40.8 Å². The number of phenols is 1. The molecule has 190 valence electrons. The lowest BCUT2D eigenvalue weighted by atomic mass is 9.91. The summed E-state index contributed by atoms with van der Waals surface area (Å²) in [6, 6.07) is 10.7. The quantitative estimate of drug-likeness (QED) is 0.314. The molecule has 1 amide bonds. The molecule has 1 aliphatic heterocycles. The molecule has 8 heteroatoms. The average molecular weight is 501 g/mol.